The van der Waals surface area contributed by atoms with Crippen LogP contribution in [-0.4, -0.2) is 21.3 Å². The van der Waals surface area contributed by atoms with E-state index in [4.69, 9.17) is 0 Å². The zero-order valence-corrected chi connectivity index (χ0v) is 13.0. The summed E-state index contributed by atoms with van der Waals surface area (Å²) in [5.41, 5.74) is 4.90. The van der Waals surface area contributed by atoms with Crippen molar-refractivity contribution in [1.29, 1.82) is 0 Å². The Bertz CT molecular complexity index is 964. The number of rotatable bonds is 4. The lowest BCUT2D eigenvalue weighted by atomic mass is 10.2. The summed E-state index contributed by atoms with van der Waals surface area (Å²) >= 11 is 0. The Morgan fingerprint density at radius 3 is 2.52 bits per heavy atom. The second kappa shape index (κ2) is 6.83. The first-order valence-electron chi connectivity index (χ1n) is 7.43. The van der Waals surface area contributed by atoms with E-state index in [0.717, 1.165) is 10.9 Å². The van der Waals surface area contributed by atoms with Crippen LogP contribution in [0.2, 0.25) is 0 Å². The Kier molecular flexibility index (Phi) is 4.42. The molecular weight excluding hydrogens is 324 g/mol. The lowest BCUT2D eigenvalue weighted by Gasteiger charge is -2.09. The Morgan fingerprint density at radius 2 is 1.72 bits per heavy atom. The maximum Gasteiger partial charge on any atom is 0.282 e. The van der Waals surface area contributed by atoms with Gasteiger partial charge in [0.25, 0.3) is 17.5 Å². The topological polar surface area (TPSA) is 106 Å². The quantitative estimate of drug-likeness (QED) is 0.560. The Hall–Kier alpha value is -3.68. The maximum atomic E-state index is 12.1. The summed E-state index contributed by atoms with van der Waals surface area (Å²) in [4.78, 5) is 34.4. The molecule has 2 N–H and O–H groups in total. The van der Waals surface area contributed by atoms with Gasteiger partial charge in [-0.3, -0.25) is 30.6 Å². The summed E-state index contributed by atoms with van der Waals surface area (Å²) in [6.45, 7) is 0.00464. The summed E-state index contributed by atoms with van der Waals surface area (Å²) in [5.74, 6) is -1.20. The monoisotopic (exact) mass is 338 g/mol. The number of benzene rings is 2. The van der Waals surface area contributed by atoms with Gasteiger partial charge in [0.1, 0.15) is 12.1 Å². The van der Waals surface area contributed by atoms with Crippen LogP contribution in [0, 0.1) is 10.1 Å². The number of fused-ring (bicyclic) bond motifs is 1. The molecule has 0 unspecified atom stereocenters. The predicted molar refractivity (Wildman–Crippen MR) is 90.6 cm³/mol. The lowest BCUT2D eigenvalue weighted by molar-refractivity contribution is -0.385. The number of carbonyl (C=O) groups is 2. The van der Waals surface area contributed by atoms with Crippen LogP contribution in [0.4, 0.5) is 5.69 Å². The summed E-state index contributed by atoms with van der Waals surface area (Å²) in [5, 5.41) is 11.9. The largest absolute Gasteiger partial charge is 0.338 e. The lowest BCUT2D eigenvalue weighted by Crippen LogP contribution is -2.43. The fraction of sp³-hybridized carbons (Fsp3) is 0.0588. The number of amides is 2. The van der Waals surface area contributed by atoms with Crippen LogP contribution in [0.15, 0.2) is 60.8 Å². The minimum absolute atomic E-state index is 0.00464. The van der Waals surface area contributed by atoms with E-state index in [1.165, 1.54) is 24.3 Å². The molecule has 3 rings (SSSR count). The van der Waals surface area contributed by atoms with E-state index < -0.39 is 16.7 Å². The van der Waals surface area contributed by atoms with Crippen LogP contribution in [0.3, 0.4) is 0 Å². The summed E-state index contributed by atoms with van der Waals surface area (Å²) in [6.07, 6.45) is 1.77. The van der Waals surface area contributed by atoms with Crippen LogP contribution in [-0.2, 0) is 11.3 Å². The highest BCUT2D eigenvalue weighted by atomic mass is 16.6. The first-order chi connectivity index (χ1) is 12.1. The molecule has 0 fully saturated rings. The molecular formula is C17H14N4O4. The summed E-state index contributed by atoms with van der Waals surface area (Å²) in [6, 6.07) is 15.0. The molecule has 2 aromatic carbocycles. The molecule has 3 aromatic rings. The SMILES string of the molecule is O=C(Cn1ccc2ccccc21)NNC(=O)c1ccccc1[N+](=O)[O-]. The predicted octanol–water partition coefficient (Wildman–Crippen LogP) is 2.01. The molecule has 8 heteroatoms. The molecule has 1 heterocycles. The highest BCUT2D eigenvalue weighted by Crippen LogP contribution is 2.17. The molecule has 0 radical (unpaired) electrons. The van der Waals surface area contributed by atoms with Crippen molar-refractivity contribution < 1.29 is 14.5 Å². The molecule has 0 saturated carbocycles. The average molecular weight is 338 g/mol. The van der Waals surface area contributed by atoms with Crippen molar-refractivity contribution in [2.75, 3.05) is 0 Å². The van der Waals surface area contributed by atoms with Crippen molar-refractivity contribution >= 4 is 28.4 Å². The number of nitro benzene ring substituents is 1. The van der Waals surface area contributed by atoms with Gasteiger partial charge >= 0.3 is 0 Å². The number of nitrogens with zero attached hydrogens (tertiary/aromatic N) is 2. The van der Waals surface area contributed by atoms with Crippen molar-refractivity contribution in [3.8, 4) is 0 Å². The average Bonchev–Trinajstić information content (AvgIpc) is 3.02. The van der Waals surface area contributed by atoms with Crippen molar-refractivity contribution in [2.24, 2.45) is 0 Å². The van der Waals surface area contributed by atoms with Gasteiger partial charge in [0.15, 0.2) is 0 Å². The third kappa shape index (κ3) is 3.47. The molecule has 8 nitrogen and oxygen atoms in total. The van der Waals surface area contributed by atoms with Gasteiger partial charge in [0.2, 0.25) is 0 Å². The molecule has 1 aromatic heterocycles. The first kappa shape index (κ1) is 16.2. The highest BCUT2D eigenvalue weighted by molar-refractivity contribution is 5.99. The second-order valence-electron chi connectivity index (χ2n) is 5.28. The van der Waals surface area contributed by atoms with Crippen molar-refractivity contribution in [3.63, 3.8) is 0 Å². The van der Waals surface area contributed by atoms with Crippen LogP contribution in [0.25, 0.3) is 10.9 Å². The van der Waals surface area contributed by atoms with Gasteiger partial charge in [-0.25, -0.2) is 0 Å². The van der Waals surface area contributed by atoms with Gasteiger partial charge in [-0.1, -0.05) is 30.3 Å². The van der Waals surface area contributed by atoms with Gasteiger partial charge in [-0.2, -0.15) is 0 Å². The third-order valence-corrected chi connectivity index (χ3v) is 3.65. The minimum atomic E-state index is -0.752. The van der Waals surface area contributed by atoms with E-state index in [2.05, 4.69) is 10.9 Å². The highest BCUT2D eigenvalue weighted by Gasteiger charge is 2.19. The zero-order chi connectivity index (χ0) is 17.8. The molecule has 126 valence electrons. The number of nitrogens with one attached hydrogen (secondary N) is 2. The first-order valence-corrected chi connectivity index (χ1v) is 7.43. The van der Waals surface area contributed by atoms with E-state index in [9.17, 15) is 19.7 Å². The van der Waals surface area contributed by atoms with Gasteiger partial charge < -0.3 is 4.57 Å². The van der Waals surface area contributed by atoms with Gasteiger partial charge in [-0.05, 0) is 23.6 Å². The van der Waals surface area contributed by atoms with E-state index in [1.54, 1.807) is 10.8 Å². The standard InChI is InChI=1S/C17H14N4O4/c22-16(11-20-10-9-12-5-1-3-7-14(12)20)18-19-17(23)13-6-2-4-8-15(13)21(24)25/h1-10H,11H2,(H,18,22)(H,19,23). The molecule has 0 spiro atoms. The number of hydrazine groups is 1. The normalized spacial score (nSPS) is 10.4. The van der Waals surface area contributed by atoms with Crippen molar-refractivity contribution in [2.45, 2.75) is 6.54 Å². The van der Waals surface area contributed by atoms with Gasteiger partial charge in [0, 0.05) is 17.8 Å². The Morgan fingerprint density at radius 1 is 1.00 bits per heavy atom. The number of hydrogen-bond donors (Lipinski definition) is 2. The summed E-state index contributed by atoms with van der Waals surface area (Å²) in [7, 11) is 0. The fourth-order valence-electron chi connectivity index (χ4n) is 2.49. The molecule has 2 amide bonds. The number of aromatic nitrogens is 1. The summed E-state index contributed by atoms with van der Waals surface area (Å²) < 4.78 is 1.74. The molecule has 25 heavy (non-hydrogen) atoms. The number of nitro groups is 1. The number of para-hydroxylation sites is 2. The van der Waals surface area contributed by atoms with Gasteiger partial charge in [0.05, 0.1) is 4.92 Å². The van der Waals surface area contributed by atoms with Crippen molar-refractivity contribution in [1.82, 2.24) is 15.4 Å². The van der Waals surface area contributed by atoms with Crippen LogP contribution in [0.1, 0.15) is 10.4 Å². The Labute approximate surface area is 142 Å². The molecule has 0 aliphatic carbocycles. The van der Waals surface area contributed by atoms with E-state index in [-0.39, 0.29) is 17.8 Å². The number of carbonyl (C=O) groups excluding carboxylic acids is 2. The van der Waals surface area contributed by atoms with Crippen LogP contribution < -0.4 is 10.9 Å². The van der Waals surface area contributed by atoms with E-state index >= 15 is 0 Å². The minimum Gasteiger partial charge on any atom is -0.338 e. The molecule has 0 aliphatic heterocycles. The van der Waals surface area contributed by atoms with Gasteiger partial charge in [-0.15, -0.1) is 0 Å². The van der Waals surface area contributed by atoms with E-state index in [1.807, 2.05) is 30.3 Å². The molecule has 0 aliphatic rings. The molecule has 0 bridgehead atoms. The Balaban J connectivity index is 1.65. The molecule has 0 saturated heterocycles. The van der Waals surface area contributed by atoms with Crippen molar-refractivity contribution in [3.05, 3.63) is 76.5 Å². The zero-order valence-electron chi connectivity index (χ0n) is 13.0. The van der Waals surface area contributed by atoms with Crippen LogP contribution >= 0.6 is 0 Å². The third-order valence-electron chi connectivity index (χ3n) is 3.65. The van der Waals surface area contributed by atoms with Crippen LogP contribution in [0.5, 0.6) is 0 Å². The van der Waals surface area contributed by atoms with E-state index in [0.29, 0.717) is 0 Å². The fourth-order valence-corrected chi connectivity index (χ4v) is 2.49. The number of hydrogen-bond acceptors (Lipinski definition) is 4. The smallest absolute Gasteiger partial charge is 0.282 e. The molecule has 0 atom stereocenters. The maximum absolute atomic E-state index is 12.1. The second-order valence-corrected chi connectivity index (χ2v) is 5.28.